The lowest BCUT2D eigenvalue weighted by atomic mass is 9.77. The maximum Gasteiger partial charge on any atom is 0.255 e. The summed E-state index contributed by atoms with van der Waals surface area (Å²) in [6, 6.07) is 0. The van der Waals surface area contributed by atoms with Gasteiger partial charge in [0.15, 0.2) is 0 Å². The van der Waals surface area contributed by atoms with Crippen molar-refractivity contribution < 1.29 is 5.11 Å². The van der Waals surface area contributed by atoms with Crippen LogP contribution in [0.5, 0.6) is 0 Å². The topological polar surface area (TPSA) is 75.3 Å². The average Bonchev–Trinajstić information content (AvgIpc) is 2.76. The van der Waals surface area contributed by atoms with Crippen molar-refractivity contribution in [2.75, 3.05) is 11.9 Å². The molecule has 3 rings (SSSR count). The number of aliphatic hydroxyl groups is 1. The molecule has 7 heteroatoms. The van der Waals surface area contributed by atoms with E-state index < -0.39 is 0 Å². The largest absolute Gasteiger partial charge is 0.394 e. The van der Waals surface area contributed by atoms with Crippen molar-refractivity contribution in [1.82, 2.24) is 19.6 Å². The van der Waals surface area contributed by atoms with E-state index in [1.165, 1.54) is 6.33 Å². The molecule has 0 spiro atoms. The molecule has 0 atom stereocenters. The molecule has 0 saturated heterocycles. The predicted octanol–water partition coefficient (Wildman–Crippen LogP) is 1.41. The highest BCUT2D eigenvalue weighted by Crippen LogP contribution is 2.36. The Morgan fingerprint density at radius 1 is 1.56 bits per heavy atom. The number of aromatic nitrogens is 4. The number of aliphatic hydroxyl groups excluding tert-OH is 1. The summed E-state index contributed by atoms with van der Waals surface area (Å²) in [5.41, 5.74) is 0.559. The van der Waals surface area contributed by atoms with Crippen LogP contribution in [-0.4, -0.2) is 36.8 Å². The molecule has 0 aromatic carbocycles. The molecule has 2 aromatic heterocycles. The van der Waals surface area contributed by atoms with Crippen molar-refractivity contribution >= 4 is 23.2 Å². The molecule has 96 valence electrons. The van der Waals surface area contributed by atoms with Crippen LogP contribution >= 0.6 is 11.6 Å². The molecule has 1 saturated carbocycles. The van der Waals surface area contributed by atoms with Crippen LogP contribution in [0.15, 0.2) is 6.33 Å². The fourth-order valence-electron chi connectivity index (χ4n) is 2.22. The second-order valence-electron chi connectivity index (χ2n) is 4.77. The Morgan fingerprint density at radius 3 is 2.94 bits per heavy atom. The Balaban J connectivity index is 2.09. The third kappa shape index (κ3) is 1.64. The number of hydrogen-bond acceptors (Lipinski definition) is 5. The van der Waals surface area contributed by atoms with E-state index in [0.29, 0.717) is 10.9 Å². The van der Waals surface area contributed by atoms with E-state index in [1.807, 2.05) is 6.92 Å². The Bertz CT molecular complexity index is 587. The first-order valence-electron chi connectivity index (χ1n) is 5.90. The number of fused-ring (bicyclic) bond motifs is 1. The average molecular weight is 268 g/mol. The Morgan fingerprint density at radius 2 is 2.33 bits per heavy atom. The monoisotopic (exact) mass is 267 g/mol. The van der Waals surface area contributed by atoms with E-state index in [0.717, 1.165) is 30.6 Å². The van der Waals surface area contributed by atoms with Gasteiger partial charge in [-0.25, -0.2) is 0 Å². The lowest BCUT2D eigenvalue weighted by molar-refractivity contribution is 0.143. The van der Waals surface area contributed by atoms with Crippen molar-refractivity contribution in [3.63, 3.8) is 0 Å². The zero-order valence-corrected chi connectivity index (χ0v) is 10.8. The number of nitrogens with one attached hydrogen (secondary N) is 1. The molecule has 0 amide bonds. The molecule has 0 aliphatic heterocycles. The van der Waals surface area contributed by atoms with Crippen LogP contribution in [0.2, 0.25) is 5.15 Å². The summed E-state index contributed by atoms with van der Waals surface area (Å²) in [7, 11) is 0. The minimum Gasteiger partial charge on any atom is -0.394 e. The van der Waals surface area contributed by atoms with Gasteiger partial charge in [0.2, 0.25) is 0 Å². The predicted molar refractivity (Wildman–Crippen MR) is 67.8 cm³/mol. The van der Waals surface area contributed by atoms with Crippen LogP contribution in [0.1, 0.15) is 24.8 Å². The van der Waals surface area contributed by atoms with Gasteiger partial charge in [0, 0.05) is 5.56 Å². The van der Waals surface area contributed by atoms with Gasteiger partial charge >= 0.3 is 0 Å². The van der Waals surface area contributed by atoms with Crippen molar-refractivity contribution in [1.29, 1.82) is 0 Å². The summed E-state index contributed by atoms with van der Waals surface area (Å²) in [5, 5.41) is 17.4. The molecule has 0 radical (unpaired) electrons. The molecule has 0 unspecified atom stereocenters. The summed E-state index contributed by atoms with van der Waals surface area (Å²) in [6.07, 6.45) is 4.44. The summed E-state index contributed by atoms with van der Waals surface area (Å²) >= 11 is 6.09. The molecule has 6 nitrogen and oxygen atoms in total. The molecular weight excluding hydrogens is 254 g/mol. The number of hydrogen-bond donors (Lipinski definition) is 2. The fraction of sp³-hybridized carbons (Fsp3) is 0.545. The normalized spacial score (nSPS) is 17.7. The van der Waals surface area contributed by atoms with Crippen molar-refractivity contribution in [2.45, 2.75) is 31.7 Å². The van der Waals surface area contributed by atoms with Gasteiger partial charge in [-0.05, 0) is 26.2 Å². The van der Waals surface area contributed by atoms with E-state index in [2.05, 4.69) is 20.4 Å². The smallest absolute Gasteiger partial charge is 0.255 e. The maximum atomic E-state index is 9.52. The fourth-order valence-corrected chi connectivity index (χ4v) is 2.39. The first-order chi connectivity index (χ1) is 8.65. The Hall–Kier alpha value is -1.40. The molecule has 0 bridgehead atoms. The van der Waals surface area contributed by atoms with Crippen molar-refractivity contribution in [3.8, 4) is 0 Å². The molecule has 2 aromatic rings. The highest BCUT2D eigenvalue weighted by Gasteiger charge is 2.37. The van der Waals surface area contributed by atoms with E-state index in [4.69, 9.17) is 11.6 Å². The van der Waals surface area contributed by atoms with Crippen LogP contribution in [0.4, 0.5) is 5.82 Å². The highest BCUT2D eigenvalue weighted by molar-refractivity contribution is 6.30. The van der Waals surface area contributed by atoms with Gasteiger partial charge in [0.1, 0.15) is 17.3 Å². The number of halogens is 1. The SMILES string of the molecule is Cc1c(Cl)nc2ncnn2c1NC1(CO)CCC1. The van der Waals surface area contributed by atoms with E-state index in [9.17, 15) is 5.11 Å². The summed E-state index contributed by atoms with van der Waals surface area (Å²) in [4.78, 5) is 8.18. The first-order valence-corrected chi connectivity index (χ1v) is 6.28. The van der Waals surface area contributed by atoms with E-state index in [-0.39, 0.29) is 12.1 Å². The molecule has 1 fully saturated rings. The third-order valence-corrected chi connectivity index (χ3v) is 3.97. The standard InChI is InChI=1S/C11H14ClN5O/c1-7-8(12)15-10-13-6-14-17(10)9(7)16-11(5-18)3-2-4-11/h6,16,18H,2-5H2,1H3. The van der Waals surface area contributed by atoms with Gasteiger partial charge in [0.25, 0.3) is 5.78 Å². The van der Waals surface area contributed by atoms with E-state index >= 15 is 0 Å². The van der Waals surface area contributed by atoms with Crippen LogP contribution in [0.25, 0.3) is 5.78 Å². The van der Waals surface area contributed by atoms with Gasteiger partial charge < -0.3 is 10.4 Å². The number of anilines is 1. The van der Waals surface area contributed by atoms with Gasteiger partial charge in [-0.15, -0.1) is 0 Å². The van der Waals surface area contributed by atoms with Crippen LogP contribution in [0, 0.1) is 6.92 Å². The second kappa shape index (κ2) is 4.07. The number of nitrogens with zero attached hydrogens (tertiary/aromatic N) is 4. The maximum absolute atomic E-state index is 9.52. The van der Waals surface area contributed by atoms with Crippen LogP contribution in [0.3, 0.4) is 0 Å². The van der Waals surface area contributed by atoms with Gasteiger partial charge in [0.05, 0.1) is 12.1 Å². The van der Waals surface area contributed by atoms with Crippen LogP contribution < -0.4 is 5.32 Å². The van der Waals surface area contributed by atoms with Gasteiger partial charge in [-0.1, -0.05) is 11.6 Å². The highest BCUT2D eigenvalue weighted by atomic mass is 35.5. The number of rotatable bonds is 3. The zero-order chi connectivity index (χ0) is 12.8. The van der Waals surface area contributed by atoms with Gasteiger partial charge in [-0.2, -0.15) is 19.6 Å². The summed E-state index contributed by atoms with van der Waals surface area (Å²) in [5.74, 6) is 1.22. The third-order valence-electron chi connectivity index (χ3n) is 3.60. The summed E-state index contributed by atoms with van der Waals surface area (Å²) < 4.78 is 1.62. The quantitative estimate of drug-likeness (QED) is 0.823. The Labute approximate surface area is 109 Å². The lowest BCUT2D eigenvalue weighted by Crippen LogP contribution is -2.49. The second-order valence-corrected chi connectivity index (χ2v) is 5.12. The molecular formula is C11H14ClN5O. The summed E-state index contributed by atoms with van der Waals surface area (Å²) in [6.45, 7) is 1.98. The van der Waals surface area contributed by atoms with Crippen molar-refractivity contribution in [3.05, 3.63) is 17.0 Å². The van der Waals surface area contributed by atoms with Crippen molar-refractivity contribution in [2.24, 2.45) is 0 Å². The first kappa shape index (κ1) is 11.7. The molecule has 2 N–H and O–H groups in total. The lowest BCUT2D eigenvalue weighted by Gasteiger charge is -2.42. The molecule has 1 aliphatic carbocycles. The van der Waals surface area contributed by atoms with E-state index in [1.54, 1.807) is 4.52 Å². The Kier molecular flexibility index (Phi) is 2.64. The molecule has 18 heavy (non-hydrogen) atoms. The minimum absolute atomic E-state index is 0.0998. The molecule has 1 aliphatic rings. The van der Waals surface area contributed by atoms with Crippen LogP contribution in [-0.2, 0) is 0 Å². The minimum atomic E-state index is -0.256. The molecule has 2 heterocycles. The zero-order valence-electron chi connectivity index (χ0n) is 10.0. The van der Waals surface area contributed by atoms with Gasteiger partial charge in [-0.3, -0.25) is 0 Å².